The first-order valence-electron chi connectivity index (χ1n) is 5.86. The van der Waals surface area contributed by atoms with Crippen molar-refractivity contribution < 1.29 is 4.79 Å². The number of carbonyl (C=O) groups is 1. The Morgan fingerprint density at radius 2 is 2.18 bits per heavy atom. The van der Waals surface area contributed by atoms with Gasteiger partial charge in [-0.05, 0) is 18.1 Å². The second-order valence-corrected chi connectivity index (χ2v) is 4.00. The molecule has 3 nitrogen and oxygen atoms in total. The minimum absolute atomic E-state index is 0.0638. The van der Waals surface area contributed by atoms with Crippen LogP contribution in [0.1, 0.15) is 29.3 Å². The molecule has 0 spiro atoms. The van der Waals surface area contributed by atoms with Crippen LogP contribution in [0.5, 0.6) is 0 Å². The lowest BCUT2D eigenvalue weighted by Gasteiger charge is -2.08. The number of nitrogens with zero attached hydrogens (tertiary/aromatic N) is 1. The molecule has 3 heteroatoms. The zero-order valence-corrected chi connectivity index (χ0v) is 10.2. The second-order valence-electron chi connectivity index (χ2n) is 4.00. The summed E-state index contributed by atoms with van der Waals surface area (Å²) in [7, 11) is 1.64. The molecule has 1 N–H and O–H groups in total. The molecule has 0 unspecified atom stereocenters. The minimum Gasteiger partial charge on any atom is -0.355 e. The van der Waals surface area contributed by atoms with E-state index in [4.69, 9.17) is 0 Å². The number of carbonyl (C=O) groups excluding carboxylic acids is 1. The van der Waals surface area contributed by atoms with Gasteiger partial charge in [0.2, 0.25) is 0 Å². The van der Waals surface area contributed by atoms with E-state index in [1.54, 1.807) is 19.3 Å². The molecule has 1 heterocycles. The molecule has 0 saturated heterocycles. The van der Waals surface area contributed by atoms with Gasteiger partial charge in [0.25, 0.3) is 5.91 Å². The number of pyridine rings is 1. The fourth-order valence-electron chi connectivity index (χ4n) is 2.04. The first-order valence-corrected chi connectivity index (χ1v) is 5.86. The van der Waals surface area contributed by atoms with Crippen LogP contribution in [0, 0.1) is 0 Å². The average molecular weight is 228 g/mol. The standard InChI is InChI=1S/C14H16N2O/c1-3-5-10-6-4-7-11-12(14(17)15-2)8-9-16-13(10)11/h4,6-9H,3,5H2,1-2H3,(H,15,17). The fraction of sp³-hybridized carbons (Fsp3) is 0.286. The maximum Gasteiger partial charge on any atom is 0.251 e. The molecule has 0 aliphatic heterocycles. The summed E-state index contributed by atoms with van der Waals surface area (Å²) >= 11 is 0. The van der Waals surface area contributed by atoms with Gasteiger partial charge < -0.3 is 5.32 Å². The van der Waals surface area contributed by atoms with Crippen molar-refractivity contribution in [3.8, 4) is 0 Å². The van der Waals surface area contributed by atoms with Crippen LogP contribution in [0.2, 0.25) is 0 Å². The topological polar surface area (TPSA) is 42.0 Å². The molecule has 1 aromatic heterocycles. The van der Waals surface area contributed by atoms with Gasteiger partial charge in [0, 0.05) is 18.6 Å². The Balaban J connectivity index is 2.65. The lowest BCUT2D eigenvalue weighted by molar-refractivity contribution is 0.0964. The van der Waals surface area contributed by atoms with Crippen molar-refractivity contribution in [1.82, 2.24) is 10.3 Å². The molecular weight excluding hydrogens is 212 g/mol. The molecule has 1 aromatic carbocycles. The summed E-state index contributed by atoms with van der Waals surface area (Å²) in [5, 5.41) is 3.59. The van der Waals surface area contributed by atoms with Crippen molar-refractivity contribution in [2.24, 2.45) is 0 Å². The lowest BCUT2D eigenvalue weighted by atomic mass is 10.0. The van der Waals surface area contributed by atoms with Crippen molar-refractivity contribution in [1.29, 1.82) is 0 Å². The van der Waals surface area contributed by atoms with Gasteiger partial charge in [-0.3, -0.25) is 9.78 Å². The van der Waals surface area contributed by atoms with E-state index in [0.29, 0.717) is 5.56 Å². The van der Waals surface area contributed by atoms with Crippen LogP contribution in [0.15, 0.2) is 30.5 Å². The van der Waals surface area contributed by atoms with Gasteiger partial charge in [0.05, 0.1) is 11.1 Å². The number of fused-ring (bicyclic) bond motifs is 1. The third-order valence-electron chi connectivity index (χ3n) is 2.85. The van der Waals surface area contributed by atoms with Crippen LogP contribution in [0.3, 0.4) is 0 Å². The lowest BCUT2D eigenvalue weighted by Crippen LogP contribution is -2.18. The SMILES string of the molecule is CCCc1cccc2c(C(=O)NC)ccnc12. The van der Waals surface area contributed by atoms with Gasteiger partial charge in [-0.2, -0.15) is 0 Å². The van der Waals surface area contributed by atoms with Crippen molar-refractivity contribution in [3.63, 3.8) is 0 Å². The zero-order valence-electron chi connectivity index (χ0n) is 10.2. The molecule has 0 aliphatic rings. The summed E-state index contributed by atoms with van der Waals surface area (Å²) in [5.74, 6) is -0.0638. The molecule has 0 saturated carbocycles. The van der Waals surface area contributed by atoms with Crippen LogP contribution >= 0.6 is 0 Å². The van der Waals surface area contributed by atoms with Crippen molar-refractivity contribution in [2.45, 2.75) is 19.8 Å². The van der Waals surface area contributed by atoms with Gasteiger partial charge in [-0.15, -0.1) is 0 Å². The van der Waals surface area contributed by atoms with E-state index in [1.165, 1.54) is 5.56 Å². The first kappa shape index (κ1) is 11.6. The monoisotopic (exact) mass is 228 g/mol. The Hall–Kier alpha value is -1.90. The van der Waals surface area contributed by atoms with Crippen molar-refractivity contribution in [3.05, 3.63) is 41.6 Å². The molecule has 2 aromatic rings. The molecule has 88 valence electrons. The molecule has 0 bridgehead atoms. The van der Waals surface area contributed by atoms with Crippen LogP contribution in [-0.2, 0) is 6.42 Å². The van der Waals surface area contributed by atoms with E-state index >= 15 is 0 Å². The van der Waals surface area contributed by atoms with E-state index in [9.17, 15) is 4.79 Å². The number of aryl methyl sites for hydroxylation is 1. The minimum atomic E-state index is -0.0638. The number of hydrogen-bond donors (Lipinski definition) is 1. The predicted octanol–water partition coefficient (Wildman–Crippen LogP) is 2.55. The van der Waals surface area contributed by atoms with Crippen LogP contribution in [0.4, 0.5) is 0 Å². The highest BCUT2D eigenvalue weighted by atomic mass is 16.1. The molecule has 0 fully saturated rings. The van der Waals surface area contributed by atoms with Crippen molar-refractivity contribution in [2.75, 3.05) is 7.05 Å². The summed E-state index contributed by atoms with van der Waals surface area (Å²) in [5.41, 5.74) is 2.83. The highest BCUT2D eigenvalue weighted by Crippen LogP contribution is 2.21. The molecule has 0 aliphatic carbocycles. The maximum atomic E-state index is 11.8. The summed E-state index contributed by atoms with van der Waals surface area (Å²) in [6.07, 6.45) is 3.76. The van der Waals surface area contributed by atoms with E-state index in [0.717, 1.165) is 23.7 Å². The number of rotatable bonds is 3. The van der Waals surface area contributed by atoms with Crippen LogP contribution in [0.25, 0.3) is 10.9 Å². The van der Waals surface area contributed by atoms with Crippen LogP contribution < -0.4 is 5.32 Å². The quantitative estimate of drug-likeness (QED) is 0.877. The third-order valence-corrected chi connectivity index (χ3v) is 2.85. The number of nitrogens with one attached hydrogen (secondary N) is 1. The second kappa shape index (κ2) is 4.95. The molecule has 17 heavy (non-hydrogen) atoms. The zero-order chi connectivity index (χ0) is 12.3. The van der Waals surface area contributed by atoms with E-state index in [2.05, 4.69) is 23.3 Å². The number of benzene rings is 1. The molecule has 1 amide bonds. The highest BCUT2D eigenvalue weighted by Gasteiger charge is 2.10. The summed E-state index contributed by atoms with van der Waals surface area (Å²) in [6.45, 7) is 2.14. The molecule has 0 atom stereocenters. The van der Waals surface area contributed by atoms with Gasteiger partial charge >= 0.3 is 0 Å². The van der Waals surface area contributed by atoms with Crippen molar-refractivity contribution >= 4 is 16.8 Å². The maximum absolute atomic E-state index is 11.8. The molecule has 0 radical (unpaired) electrons. The average Bonchev–Trinajstić information content (AvgIpc) is 2.38. The molecule has 2 rings (SSSR count). The number of amides is 1. The fourth-order valence-corrected chi connectivity index (χ4v) is 2.04. The Bertz CT molecular complexity index is 549. The first-order chi connectivity index (χ1) is 8.27. The largest absolute Gasteiger partial charge is 0.355 e. The number of para-hydroxylation sites is 1. The summed E-state index contributed by atoms with van der Waals surface area (Å²) in [6, 6.07) is 7.77. The smallest absolute Gasteiger partial charge is 0.251 e. The van der Waals surface area contributed by atoms with Gasteiger partial charge in [-0.1, -0.05) is 31.5 Å². The Morgan fingerprint density at radius 1 is 1.35 bits per heavy atom. The number of hydrogen-bond acceptors (Lipinski definition) is 2. The summed E-state index contributed by atoms with van der Waals surface area (Å²) < 4.78 is 0. The number of aromatic nitrogens is 1. The van der Waals surface area contributed by atoms with E-state index < -0.39 is 0 Å². The normalized spacial score (nSPS) is 10.5. The predicted molar refractivity (Wildman–Crippen MR) is 69.1 cm³/mol. The van der Waals surface area contributed by atoms with E-state index in [1.807, 2.05) is 12.1 Å². The highest BCUT2D eigenvalue weighted by molar-refractivity contribution is 6.06. The Labute approximate surface area is 101 Å². The van der Waals surface area contributed by atoms with E-state index in [-0.39, 0.29) is 5.91 Å². The summed E-state index contributed by atoms with van der Waals surface area (Å²) in [4.78, 5) is 16.2. The van der Waals surface area contributed by atoms with Gasteiger partial charge in [0.15, 0.2) is 0 Å². The van der Waals surface area contributed by atoms with Gasteiger partial charge in [-0.25, -0.2) is 0 Å². The third kappa shape index (κ3) is 2.13. The Kier molecular flexibility index (Phi) is 3.38. The Morgan fingerprint density at radius 3 is 2.88 bits per heavy atom. The molecular formula is C14H16N2O. The van der Waals surface area contributed by atoms with Crippen LogP contribution in [-0.4, -0.2) is 17.9 Å². The van der Waals surface area contributed by atoms with Gasteiger partial charge in [0.1, 0.15) is 0 Å².